The summed E-state index contributed by atoms with van der Waals surface area (Å²) in [5, 5.41) is 11.3. The maximum Gasteiger partial charge on any atom is 0.341 e. The van der Waals surface area contributed by atoms with Gasteiger partial charge in [0, 0.05) is 17.7 Å². The number of carbonyl (C=O) groups excluding carboxylic acids is 1. The third-order valence-corrected chi connectivity index (χ3v) is 3.62. The molecule has 0 unspecified atom stereocenters. The molecule has 0 aliphatic heterocycles. The minimum absolute atomic E-state index is 0.113. The van der Waals surface area contributed by atoms with Gasteiger partial charge in [0.25, 0.3) is 0 Å². The largest absolute Gasteiger partial charge is 0.482 e. The highest BCUT2D eigenvalue weighted by molar-refractivity contribution is 7.80. The number of benzene rings is 2. The maximum atomic E-state index is 12.0. The minimum Gasteiger partial charge on any atom is -0.482 e. The fourth-order valence-electron chi connectivity index (χ4n) is 2.10. The monoisotopic (exact) mass is 358 g/mol. The molecule has 0 saturated carbocycles. The van der Waals surface area contributed by atoms with E-state index in [-0.39, 0.29) is 5.91 Å². The third kappa shape index (κ3) is 6.23. The Morgan fingerprint density at radius 3 is 2.28 bits per heavy atom. The molecule has 0 saturated heterocycles. The van der Waals surface area contributed by atoms with Crippen molar-refractivity contribution in [2.45, 2.75) is 12.8 Å². The van der Waals surface area contributed by atoms with Crippen LogP contribution in [0, 0.1) is 0 Å². The molecule has 7 heteroatoms. The normalized spacial score (nSPS) is 10.1. The number of ether oxygens (including phenoxy) is 1. The topological polar surface area (TPSA) is 102 Å². The van der Waals surface area contributed by atoms with E-state index >= 15 is 0 Å². The van der Waals surface area contributed by atoms with Gasteiger partial charge in [0.1, 0.15) is 10.7 Å². The zero-order chi connectivity index (χ0) is 18.2. The molecule has 0 atom stereocenters. The third-order valence-electron chi connectivity index (χ3n) is 3.38. The summed E-state index contributed by atoms with van der Waals surface area (Å²) in [4.78, 5) is 22.8. The summed E-state index contributed by atoms with van der Waals surface area (Å²) < 4.78 is 5.03. The van der Waals surface area contributed by atoms with Crippen LogP contribution in [-0.2, 0) is 16.0 Å². The zero-order valence-electron chi connectivity index (χ0n) is 13.4. The number of hydrogen-bond acceptors (Lipinski definition) is 4. The highest BCUT2D eigenvalue weighted by Gasteiger charge is 2.05. The van der Waals surface area contributed by atoms with Gasteiger partial charge in [0.2, 0.25) is 5.91 Å². The van der Waals surface area contributed by atoms with Crippen LogP contribution in [-0.4, -0.2) is 28.6 Å². The van der Waals surface area contributed by atoms with Crippen molar-refractivity contribution in [1.29, 1.82) is 0 Å². The number of carboxylic acid groups (broad SMARTS) is 1. The van der Waals surface area contributed by atoms with E-state index in [0.717, 1.165) is 11.1 Å². The van der Waals surface area contributed by atoms with Crippen molar-refractivity contribution in [3.8, 4) is 5.75 Å². The molecule has 0 bridgehead atoms. The average molecular weight is 358 g/mol. The second-order valence-corrected chi connectivity index (χ2v) is 5.76. The van der Waals surface area contributed by atoms with E-state index in [4.69, 9.17) is 27.8 Å². The molecule has 2 aromatic rings. The Balaban J connectivity index is 1.81. The molecule has 0 radical (unpaired) electrons. The fourth-order valence-corrected chi connectivity index (χ4v) is 2.23. The highest BCUT2D eigenvalue weighted by atomic mass is 32.1. The molecule has 4 N–H and O–H groups in total. The lowest BCUT2D eigenvalue weighted by Gasteiger charge is -2.07. The summed E-state index contributed by atoms with van der Waals surface area (Å²) in [5.41, 5.74) is 7.99. The lowest BCUT2D eigenvalue weighted by Crippen LogP contribution is -2.13. The van der Waals surface area contributed by atoms with E-state index in [1.165, 1.54) is 0 Å². The molecule has 1 amide bonds. The van der Waals surface area contributed by atoms with E-state index in [0.29, 0.717) is 29.3 Å². The van der Waals surface area contributed by atoms with Gasteiger partial charge in [0.05, 0.1) is 0 Å². The summed E-state index contributed by atoms with van der Waals surface area (Å²) in [5.74, 6) is -0.727. The lowest BCUT2D eigenvalue weighted by atomic mass is 10.1. The molecule has 0 heterocycles. The number of rotatable bonds is 8. The molecule has 0 fully saturated rings. The van der Waals surface area contributed by atoms with Gasteiger partial charge in [-0.05, 0) is 36.2 Å². The molecule has 0 spiro atoms. The van der Waals surface area contributed by atoms with Gasteiger partial charge in [-0.25, -0.2) is 4.79 Å². The first-order valence-electron chi connectivity index (χ1n) is 7.57. The Hall–Kier alpha value is -2.93. The molecular formula is C18H18N2O4S. The quantitative estimate of drug-likeness (QED) is 0.626. The molecule has 2 aromatic carbocycles. The number of aliphatic carboxylic acids is 1. The highest BCUT2D eigenvalue weighted by Crippen LogP contribution is 2.16. The second-order valence-electron chi connectivity index (χ2n) is 5.32. The minimum atomic E-state index is -1.04. The number of nitrogens with one attached hydrogen (secondary N) is 1. The van der Waals surface area contributed by atoms with Crippen LogP contribution < -0.4 is 15.8 Å². The molecule has 2 rings (SSSR count). The van der Waals surface area contributed by atoms with Gasteiger partial charge in [0.15, 0.2) is 6.61 Å². The molecule has 25 heavy (non-hydrogen) atoms. The summed E-state index contributed by atoms with van der Waals surface area (Å²) in [6, 6.07) is 14.0. The van der Waals surface area contributed by atoms with E-state index in [1.807, 2.05) is 24.3 Å². The number of carboxylic acids is 1. The first kappa shape index (κ1) is 18.4. The van der Waals surface area contributed by atoms with E-state index in [1.54, 1.807) is 24.3 Å². The van der Waals surface area contributed by atoms with E-state index in [2.05, 4.69) is 5.32 Å². The smallest absolute Gasteiger partial charge is 0.341 e. The van der Waals surface area contributed by atoms with Gasteiger partial charge in [-0.1, -0.05) is 36.5 Å². The van der Waals surface area contributed by atoms with Gasteiger partial charge in [-0.2, -0.15) is 0 Å². The summed E-state index contributed by atoms with van der Waals surface area (Å²) in [6.45, 7) is -0.403. The molecule has 0 aliphatic rings. The van der Waals surface area contributed by atoms with Crippen LogP contribution in [0.25, 0.3) is 0 Å². The predicted octanol–water partition coefficient (Wildman–Crippen LogP) is 2.36. The van der Waals surface area contributed by atoms with Gasteiger partial charge in [-0.15, -0.1) is 0 Å². The fraction of sp³-hybridized carbons (Fsp3) is 0.167. The number of aryl methyl sites for hydroxylation is 1. The number of amides is 1. The summed E-state index contributed by atoms with van der Waals surface area (Å²) in [6.07, 6.45) is 0.937. The number of anilines is 1. The molecule has 6 nitrogen and oxygen atoms in total. The van der Waals surface area contributed by atoms with Crippen molar-refractivity contribution < 1.29 is 19.4 Å². The first-order valence-corrected chi connectivity index (χ1v) is 7.98. The SMILES string of the molecule is NC(=S)c1ccc(CCC(=O)Nc2ccc(OCC(=O)O)cc2)cc1. The Morgan fingerprint density at radius 2 is 1.72 bits per heavy atom. The molecular weight excluding hydrogens is 340 g/mol. The van der Waals surface area contributed by atoms with Crippen LogP contribution in [0.1, 0.15) is 17.5 Å². The van der Waals surface area contributed by atoms with E-state index in [9.17, 15) is 9.59 Å². The Bertz CT molecular complexity index is 758. The van der Waals surface area contributed by atoms with Crippen LogP contribution >= 0.6 is 12.2 Å². The summed E-state index contributed by atoms with van der Waals surface area (Å²) >= 11 is 4.90. The van der Waals surface area contributed by atoms with Crippen molar-refractivity contribution >= 4 is 34.8 Å². The van der Waals surface area contributed by atoms with Crippen LogP contribution in [0.4, 0.5) is 5.69 Å². The zero-order valence-corrected chi connectivity index (χ0v) is 14.2. The second kappa shape index (κ2) is 8.79. The lowest BCUT2D eigenvalue weighted by molar-refractivity contribution is -0.139. The van der Waals surface area contributed by atoms with Crippen molar-refractivity contribution in [2.75, 3.05) is 11.9 Å². The average Bonchev–Trinajstić information content (AvgIpc) is 2.59. The van der Waals surface area contributed by atoms with E-state index < -0.39 is 12.6 Å². The van der Waals surface area contributed by atoms with Gasteiger partial charge in [-0.3, -0.25) is 4.79 Å². The maximum absolute atomic E-state index is 12.0. The van der Waals surface area contributed by atoms with Crippen molar-refractivity contribution in [3.63, 3.8) is 0 Å². The predicted molar refractivity (Wildman–Crippen MR) is 98.9 cm³/mol. The molecule has 130 valence electrons. The van der Waals surface area contributed by atoms with Crippen LogP contribution in [0.2, 0.25) is 0 Å². The van der Waals surface area contributed by atoms with Crippen molar-refractivity contribution in [2.24, 2.45) is 5.73 Å². The van der Waals surface area contributed by atoms with Gasteiger partial charge >= 0.3 is 5.97 Å². The number of thiocarbonyl (C=S) groups is 1. The first-order chi connectivity index (χ1) is 11.9. The van der Waals surface area contributed by atoms with Crippen molar-refractivity contribution in [1.82, 2.24) is 0 Å². The number of hydrogen-bond donors (Lipinski definition) is 3. The Kier molecular flexibility index (Phi) is 6.47. The number of nitrogens with two attached hydrogens (primary N) is 1. The molecule has 0 aliphatic carbocycles. The molecule has 0 aromatic heterocycles. The van der Waals surface area contributed by atoms with Crippen molar-refractivity contribution in [3.05, 3.63) is 59.7 Å². The standard InChI is InChI=1S/C18H18N2O4S/c19-18(25)13-4-1-12(2-5-13)3-10-16(21)20-14-6-8-15(9-7-14)24-11-17(22)23/h1-2,4-9H,3,10-11H2,(H2,19,25)(H,20,21)(H,22,23). The summed E-state index contributed by atoms with van der Waals surface area (Å²) in [7, 11) is 0. The van der Waals surface area contributed by atoms with Crippen LogP contribution in [0.5, 0.6) is 5.75 Å². The van der Waals surface area contributed by atoms with Crippen LogP contribution in [0.15, 0.2) is 48.5 Å². The Labute approximate surface area is 150 Å². The van der Waals surface area contributed by atoms with Crippen LogP contribution in [0.3, 0.4) is 0 Å². The Morgan fingerprint density at radius 1 is 1.08 bits per heavy atom. The number of carbonyl (C=O) groups is 2. The van der Waals surface area contributed by atoms with Gasteiger partial charge < -0.3 is 20.9 Å².